The Balaban J connectivity index is 1.60. The van der Waals surface area contributed by atoms with Crippen LogP contribution in [0.3, 0.4) is 0 Å². The number of anilines is 1. The molecule has 2 unspecified atom stereocenters. The number of rotatable bonds is 5. The zero-order chi connectivity index (χ0) is 19.4. The Kier molecular flexibility index (Phi) is 6.01. The van der Waals surface area contributed by atoms with Gasteiger partial charge < -0.3 is 15.4 Å². The fourth-order valence-electron chi connectivity index (χ4n) is 3.05. The monoisotopic (exact) mass is 386 g/mol. The van der Waals surface area contributed by atoms with Crippen molar-refractivity contribution in [2.24, 2.45) is 5.92 Å². The van der Waals surface area contributed by atoms with Crippen LogP contribution < -0.4 is 15.4 Å². The Hall–Kier alpha value is -2.53. The molecule has 1 aliphatic rings. The van der Waals surface area contributed by atoms with E-state index in [0.717, 1.165) is 22.6 Å². The van der Waals surface area contributed by atoms with Crippen LogP contribution >= 0.6 is 11.6 Å². The molecule has 3 rings (SSSR count). The molecule has 6 heteroatoms. The lowest BCUT2D eigenvalue weighted by Crippen LogP contribution is -2.38. The second-order valence-corrected chi connectivity index (χ2v) is 7.15. The normalized spacial score (nSPS) is 16.6. The molecule has 2 aromatic rings. The molecule has 0 saturated heterocycles. The first-order valence-corrected chi connectivity index (χ1v) is 9.45. The van der Waals surface area contributed by atoms with Crippen LogP contribution in [-0.2, 0) is 16.0 Å². The minimum atomic E-state index is -0.249. The van der Waals surface area contributed by atoms with Gasteiger partial charge in [-0.3, -0.25) is 9.59 Å². The molecule has 0 radical (unpaired) electrons. The minimum Gasteiger partial charge on any atom is -0.492 e. The quantitative estimate of drug-likeness (QED) is 0.812. The number of benzene rings is 2. The number of hydrogen-bond donors (Lipinski definition) is 2. The summed E-state index contributed by atoms with van der Waals surface area (Å²) >= 11 is 6.04. The molecule has 0 fully saturated rings. The van der Waals surface area contributed by atoms with E-state index in [1.807, 2.05) is 50.2 Å². The fourth-order valence-corrected chi connectivity index (χ4v) is 3.25. The topological polar surface area (TPSA) is 67.4 Å². The van der Waals surface area contributed by atoms with E-state index in [1.165, 1.54) is 0 Å². The zero-order valence-electron chi connectivity index (χ0n) is 15.4. The second kappa shape index (κ2) is 8.44. The van der Waals surface area contributed by atoms with Crippen LogP contribution in [-0.4, -0.2) is 18.4 Å². The number of halogens is 1. The highest BCUT2D eigenvalue weighted by Crippen LogP contribution is 2.30. The average molecular weight is 387 g/mol. The van der Waals surface area contributed by atoms with Crippen molar-refractivity contribution in [1.29, 1.82) is 0 Å². The maximum atomic E-state index is 12.6. The number of fused-ring (bicyclic) bond motifs is 1. The van der Waals surface area contributed by atoms with Gasteiger partial charge >= 0.3 is 0 Å². The first kappa shape index (κ1) is 19.2. The highest BCUT2D eigenvalue weighted by atomic mass is 35.5. The van der Waals surface area contributed by atoms with Crippen molar-refractivity contribution in [1.82, 2.24) is 5.32 Å². The van der Waals surface area contributed by atoms with Crippen molar-refractivity contribution in [3.05, 3.63) is 58.6 Å². The molecule has 0 bridgehead atoms. The smallest absolute Gasteiger partial charge is 0.227 e. The van der Waals surface area contributed by atoms with Gasteiger partial charge in [-0.15, -0.1) is 0 Å². The molecule has 0 aliphatic carbocycles. The van der Waals surface area contributed by atoms with Crippen LogP contribution in [0.5, 0.6) is 5.75 Å². The molecule has 0 aromatic heterocycles. The maximum Gasteiger partial charge on any atom is 0.227 e. The lowest BCUT2D eigenvalue weighted by molar-refractivity contribution is -0.127. The third-order valence-corrected chi connectivity index (χ3v) is 4.91. The first-order valence-electron chi connectivity index (χ1n) is 9.07. The van der Waals surface area contributed by atoms with E-state index in [-0.39, 0.29) is 23.8 Å². The Morgan fingerprint density at radius 3 is 2.67 bits per heavy atom. The maximum absolute atomic E-state index is 12.6. The Bertz CT molecular complexity index is 836. The summed E-state index contributed by atoms with van der Waals surface area (Å²) < 4.78 is 5.70. The predicted octanol–water partition coefficient (Wildman–Crippen LogP) is 4.12. The van der Waals surface area contributed by atoms with Crippen LogP contribution in [0.15, 0.2) is 42.5 Å². The van der Waals surface area contributed by atoms with E-state index in [1.54, 1.807) is 6.07 Å². The van der Waals surface area contributed by atoms with Crippen molar-refractivity contribution < 1.29 is 14.3 Å². The van der Waals surface area contributed by atoms with E-state index in [4.69, 9.17) is 16.3 Å². The van der Waals surface area contributed by atoms with Crippen LogP contribution in [0, 0.1) is 5.92 Å². The van der Waals surface area contributed by atoms with E-state index in [2.05, 4.69) is 10.6 Å². The Morgan fingerprint density at radius 1 is 1.22 bits per heavy atom. The van der Waals surface area contributed by atoms with E-state index in [0.29, 0.717) is 24.5 Å². The van der Waals surface area contributed by atoms with E-state index >= 15 is 0 Å². The highest BCUT2D eigenvalue weighted by molar-refractivity contribution is 6.30. The summed E-state index contributed by atoms with van der Waals surface area (Å²) in [5.41, 5.74) is 2.67. The third kappa shape index (κ3) is 4.80. The highest BCUT2D eigenvalue weighted by Gasteiger charge is 2.27. The summed E-state index contributed by atoms with van der Waals surface area (Å²) in [5, 5.41) is 6.49. The number of nitrogens with one attached hydrogen (secondary N) is 2. The van der Waals surface area contributed by atoms with Crippen LogP contribution in [0.4, 0.5) is 5.69 Å². The van der Waals surface area contributed by atoms with Crippen molar-refractivity contribution in [2.45, 2.75) is 32.7 Å². The third-order valence-electron chi connectivity index (χ3n) is 4.67. The van der Waals surface area contributed by atoms with Gasteiger partial charge in [0.15, 0.2) is 0 Å². The molecule has 1 aliphatic heterocycles. The summed E-state index contributed by atoms with van der Waals surface area (Å²) in [6, 6.07) is 12.8. The van der Waals surface area contributed by atoms with Gasteiger partial charge in [0.1, 0.15) is 12.4 Å². The molecule has 27 heavy (non-hydrogen) atoms. The van der Waals surface area contributed by atoms with Crippen LogP contribution in [0.25, 0.3) is 0 Å². The fraction of sp³-hybridized carbons (Fsp3) is 0.333. The van der Waals surface area contributed by atoms with Gasteiger partial charge in [0, 0.05) is 17.1 Å². The summed E-state index contributed by atoms with van der Waals surface area (Å²) in [6.45, 7) is 4.10. The molecule has 2 amide bonds. The van der Waals surface area contributed by atoms with Crippen LogP contribution in [0.1, 0.15) is 37.4 Å². The molecule has 2 aromatic carbocycles. The van der Waals surface area contributed by atoms with Crippen molar-refractivity contribution in [3.63, 3.8) is 0 Å². The number of hydrogen-bond acceptors (Lipinski definition) is 3. The minimum absolute atomic E-state index is 0.0261. The Morgan fingerprint density at radius 2 is 1.96 bits per heavy atom. The lowest BCUT2D eigenvalue weighted by atomic mass is 9.95. The zero-order valence-corrected chi connectivity index (χ0v) is 16.2. The molecular weight excluding hydrogens is 364 g/mol. The van der Waals surface area contributed by atoms with Gasteiger partial charge in [-0.25, -0.2) is 0 Å². The van der Waals surface area contributed by atoms with Gasteiger partial charge in [-0.1, -0.05) is 30.7 Å². The van der Waals surface area contributed by atoms with Crippen LogP contribution in [0.2, 0.25) is 5.02 Å². The van der Waals surface area contributed by atoms with Gasteiger partial charge in [-0.05, 0) is 54.8 Å². The Labute approximate surface area is 164 Å². The number of ether oxygens (including phenoxy) is 1. The molecule has 142 valence electrons. The van der Waals surface area contributed by atoms with Gasteiger partial charge in [-0.2, -0.15) is 0 Å². The average Bonchev–Trinajstić information content (AvgIpc) is 2.67. The molecule has 5 nitrogen and oxygen atoms in total. The second-order valence-electron chi connectivity index (χ2n) is 6.72. The summed E-state index contributed by atoms with van der Waals surface area (Å²) in [6.07, 6.45) is 1.04. The number of carbonyl (C=O) groups is 2. The molecule has 2 N–H and O–H groups in total. The SMILES string of the molecule is CCC(=O)Nc1ccc(C(C)NC(=O)C2COc3ccc(Cl)cc3C2)cc1. The molecule has 1 heterocycles. The largest absolute Gasteiger partial charge is 0.492 e. The van der Waals surface area contributed by atoms with Crippen molar-refractivity contribution in [2.75, 3.05) is 11.9 Å². The van der Waals surface area contributed by atoms with Gasteiger partial charge in [0.05, 0.1) is 12.0 Å². The number of carbonyl (C=O) groups excluding carboxylic acids is 2. The molecule has 2 atom stereocenters. The summed E-state index contributed by atoms with van der Waals surface area (Å²) in [4.78, 5) is 24.1. The summed E-state index contributed by atoms with van der Waals surface area (Å²) in [7, 11) is 0. The first-order chi connectivity index (χ1) is 13.0. The number of amides is 2. The predicted molar refractivity (Wildman–Crippen MR) is 106 cm³/mol. The standard InChI is InChI=1S/C21H23ClN2O3/c1-3-20(25)24-18-7-4-14(5-8-18)13(2)23-21(26)16-10-15-11-17(22)6-9-19(15)27-12-16/h4-9,11,13,16H,3,10,12H2,1-2H3,(H,23,26)(H,24,25). The van der Waals surface area contributed by atoms with Crippen molar-refractivity contribution in [3.8, 4) is 5.75 Å². The van der Waals surface area contributed by atoms with Gasteiger partial charge in [0.2, 0.25) is 11.8 Å². The molecular formula is C21H23ClN2O3. The molecule has 0 spiro atoms. The van der Waals surface area contributed by atoms with Crippen molar-refractivity contribution >= 4 is 29.1 Å². The lowest BCUT2D eigenvalue weighted by Gasteiger charge is -2.26. The van der Waals surface area contributed by atoms with Gasteiger partial charge in [0.25, 0.3) is 0 Å². The molecule has 0 saturated carbocycles. The van der Waals surface area contributed by atoms with E-state index < -0.39 is 0 Å². The summed E-state index contributed by atoms with van der Waals surface area (Å²) in [5.74, 6) is 0.473. The van der Waals surface area contributed by atoms with E-state index in [9.17, 15) is 9.59 Å².